The van der Waals surface area contributed by atoms with Crippen LogP contribution in [0.25, 0.3) is 0 Å². The van der Waals surface area contributed by atoms with Crippen LogP contribution in [0, 0.1) is 0 Å². The maximum absolute atomic E-state index is 2.32. The Bertz CT molecular complexity index is 259. The first kappa shape index (κ1) is 12.2. The van der Waals surface area contributed by atoms with Gasteiger partial charge in [0.1, 0.15) is 7.05 Å². The molecule has 1 aliphatic rings. The molecule has 1 saturated heterocycles. The molecule has 2 heteroatoms. The maximum Gasteiger partial charge on any atom is 0.168 e. The van der Waals surface area contributed by atoms with E-state index in [1.165, 1.54) is 36.8 Å². The predicted octanol–water partition coefficient (Wildman–Crippen LogP) is 1.76. The number of nitrogens with zero attached hydrogens (tertiary/aromatic N) is 2. The standard InChI is InChI=1S/C7H16N.C6H8N/c1-8(2)6-4-3-5-7-8;1-7-5-3-2-4-6-7/h3-7H2,1-2H3;2-6H,1H3/q2*+1. The summed E-state index contributed by atoms with van der Waals surface area (Å²) in [5.41, 5.74) is 0. The molecule has 0 bridgehead atoms. The number of hydrogen-bond acceptors (Lipinski definition) is 0. The summed E-state index contributed by atoms with van der Waals surface area (Å²) in [5.74, 6) is 0. The Morgan fingerprint density at radius 2 is 1.40 bits per heavy atom. The third-order valence-electron chi connectivity index (χ3n) is 2.89. The third kappa shape index (κ3) is 5.53. The molecule has 0 radical (unpaired) electrons. The van der Waals surface area contributed by atoms with E-state index in [2.05, 4.69) is 14.1 Å². The smallest absolute Gasteiger partial charge is 0.168 e. The SMILES string of the molecule is C[N+]1(C)CCCCC1.C[n+]1ccccc1. The summed E-state index contributed by atoms with van der Waals surface area (Å²) < 4.78 is 3.25. The van der Waals surface area contributed by atoms with E-state index in [1.54, 1.807) is 0 Å². The Balaban J connectivity index is 0.000000151. The van der Waals surface area contributed by atoms with Crippen molar-refractivity contribution in [3.8, 4) is 0 Å². The van der Waals surface area contributed by atoms with E-state index < -0.39 is 0 Å². The molecule has 1 aromatic rings. The molecule has 0 amide bonds. The van der Waals surface area contributed by atoms with Crippen molar-refractivity contribution >= 4 is 0 Å². The zero-order chi connectivity index (χ0) is 11.1. The van der Waals surface area contributed by atoms with Gasteiger partial charge < -0.3 is 4.48 Å². The Hall–Kier alpha value is -0.890. The van der Waals surface area contributed by atoms with Gasteiger partial charge in [-0.3, -0.25) is 0 Å². The number of pyridine rings is 1. The lowest BCUT2D eigenvalue weighted by Gasteiger charge is -2.33. The van der Waals surface area contributed by atoms with Gasteiger partial charge in [0.2, 0.25) is 0 Å². The van der Waals surface area contributed by atoms with Crippen molar-refractivity contribution in [2.24, 2.45) is 7.05 Å². The van der Waals surface area contributed by atoms with Crippen LogP contribution >= 0.6 is 0 Å². The van der Waals surface area contributed by atoms with Crippen molar-refractivity contribution in [2.45, 2.75) is 19.3 Å². The van der Waals surface area contributed by atoms with Crippen molar-refractivity contribution in [1.82, 2.24) is 0 Å². The second kappa shape index (κ2) is 5.86. The summed E-state index contributed by atoms with van der Waals surface area (Å²) in [6.07, 6.45) is 8.34. The molecule has 2 nitrogen and oxygen atoms in total. The Kier molecular flexibility index (Phi) is 4.76. The highest BCUT2D eigenvalue weighted by atomic mass is 15.3. The first-order valence-electron chi connectivity index (χ1n) is 5.82. The molecule has 15 heavy (non-hydrogen) atoms. The molecule has 2 heterocycles. The summed E-state index contributed by atoms with van der Waals surface area (Å²) in [5, 5.41) is 0. The van der Waals surface area contributed by atoms with Crippen molar-refractivity contribution < 1.29 is 9.05 Å². The average molecular weight is 208 g/mol. The molecular formula is C13H24N2+2. The van der Waals surface area contributed by atoms with Crippen LogP contribution in [-0.4, -0.2) is 31.7 Å². The van der Waals surface area contributed by atoms with Gasteiger partial charge >= 0.3 is 0 Å². The van der Waals surface area contributed by atoms with Crippen LogP contribution in [0.4, 0.5) is 0 Å². The van der Waals surface area contributed by atoms with E-state index in [0.29, 0.717) is 0 Å². The zero-order valence-electron chi connectivity index (χ0n) is 10.3. The molecule has 84 valence electrons. The molecule has 0 unspecified atom stereocenters. The molecular weight excluding hydrogens is 184 g/mol. The Morgan fingerprint density at radius 1 is 0.867 bits per heavy atom. The van der Waals surface area contributed by atoms with E-state index in [-0.39, 0.29) is 0 Å². The van der Waals surface area contributed by atoms with Gasteiger partial charge in [-0.1, -0.05) is 6.07 Å². The van der Waals surface area contributed by atoms with E-state index in [1.807, 2.05) is 42.2 Å². The highest BCUT2D eigenvalue weighted by molar-refractivity contribution is 4.83. The van der Waals surface area contributed by atoms with Crippen LogP contribution in [0.5, 0.6) is 0 Å². The van der Waals surface area contributed by atoms with E-state index in [4.69, 9.17) is 0 Å². The fourth-order valence-electron chi connectivity index (χ4n) is 1.85. The molecule has 1 aromatic heterocycles. The minimum absolute atomic E-state index is 1.25. The molecule has 0 spiro atoms. The second-order valence-electron chi connectivity index (χ2n) is 4.98. The molecule has 1 fully saturated rings. The van der Waals surface area contributed by atoms with Crippen LogP contribution in [0.2, 0.25) is 0 Å². The first-order valence-corrected chi connectivity index (χ1v) is 5.82. The maximum atomic E-state index is 2.32. The first-order chi connectivity index (χ1) is 7.10. The summed E-state index contributed by atoms with van der Waals surface area (Å²) in [6, 6.07) is 6.00. The van der Waals surface area contributed by atoms with E-state index >= 15 is 0 Å². The Morgan fingerprint density at radius 3 is 1.67 bits per heavy atom. The van der Waals surface area contributed by atoms with Crippen molar-refractivity contribution in [1.29, 1.82) is 0 Å². The summed E-state index contributed by atoms with van der Waals surface area (Å²) >= 11 is 0. The van der Waals surface area contributed by atoms with E-state index in [9.17, 15) is 0 Å². The van der Waals surface area contributed by atoms with Gasteiger partial charge in [-0.25, -0.2) is 4.57 Å². The lowest BCUT2D eigenvalue weighted by Crippen LogP contribution is -2.43. The molecule has 0 saturated carbocycles. The van der Waals surface area contributed by atoms with Crippen molar-refractivity contribution in [3.63, 3.8) is 0 Å². The van der Waals surface area contributed by atoms with Crippen LogP contribution in [0.1, 0.15) is 19.3 Å². The van der Waals surface area contributed by atoms with Crippen molar-refractivity contribution in [3.05, 3.63) is 30.6 Å². The van der Waals surface area contributed by atoms with Gasteiger partial charge in [-0.15, -0.1) is 0 Å². The quantitative estimate of drug-likeness (QED) is 0.452. The largest absolute Gasteiger partial charge is 0.328 e. The molecule has 0 aromatic carbocycles. The number of quaternary nitrogens is 1. The monoisotopic (exact) mass is 208 g/mol. The van der Waals surface area contributed by atoms with Gasteiger partial charge in [0, 0.05) is 12.1 Å². The van der Waals surface area contributed by atoms with Gasteiger partial charge in [0.25, 0.3) is 0 Å². The lowest BCUT2D eigenvalue weighted by molar-refractivity contribution is -0.894. The number of rotatable bonds is 0. The zero-order valence-corrected chi connectivity index (χ0v) is 10.3. The van der Waals surface area contributed by atoms with Crippen LogP contribution in [0.15, 0.2) is 30.6 Å². The minimum Gasteiger partial charge on any atom is -0.328 e. The predicted molar refractivity (Wildman–Crippen MR) is 63.3 cm³/mol. The highest BCUT2D eigenvalue weighted by Gasteiger charge is 2.17. The lowest BCUT2D eigenvalue weighted by atomic mass is 10.1. The van der Waals surface area contributed by atoms with Crippen LogP contribution in [-0.2, 0) is 7.05 Å². The van der Waals surface area contributed by atoms with Gasteiger partial charge in [0.15, 0.2) is 12.4 Å². The number of piperidine rings is 1. The molecule has 0 aliphatic carbocycles. The molecule has 0 atom stereocenters. The highest BCUT2D eigenvalue weighted by Crippen LogP contribution is 2.12. The second-order valence-corrected chi connectivity index (χ2v) is 4.98. The number of aryl methyl sites for hydroxylation is 1. The van der Waals surface area contributed by atoms with Crippen LogP contribution in [0.3, 0.4) is 0 Å². The molecule has 0 N–H and O–H groups in total. The van der Waals surface area contributed by atoms with Gasteiger partial charge in [-0.2, -0.15) is 0 Å². The van der Waals surface area contributed by atoms with Gasteiger partial charge in [0.05, 0.1) is 27.2 Å². The normalized spacial score (nSPS) is 18.9. The molecule has 1 aliphatic heterocycles. The fraction of sp³-hybridized carbons (Fsp3) is 0.615. The molecule has 2 rings (SSSR count). The third-order valence-corrected chi connectivity index (χ3v) is 2.89. The average Bonchev–Trinajstić information content (AvgIpc) is 2.19. The fourth-order valence-corrected chi connectivity index (χ4v) is 1.85. The minimum atomic E-state index is 1.25. The summed E-state index contributed by atoms with van der Waals surface area (Å²) in [7, 11) is 6.64. The van der Waals surface area contributed by atoms with E-state index in [0.717, 1.165) is 0 Å². The summed E-state index contributed by atoms with van der Waals surface area (Å²) in [4.78, 5) is 0. The Labute approximate surface area is 93.8 Å². The van der Waals surface area contributed by atoms with Crippen LogP contribution < -0.4 is 4.57 Å². The van der Waals surface area contributed by atoms with Gasteiger partial charge in [-0.05, 0) is 19.3 Å². The topological polar surface area (TPSA) is 3.88 Å². The number of likely N-dealkylation sites (tertiary alicyclic amines) is 1. The summed E-state index contributed by atoms with van der Waals surface area (Å²) in [6.45, 7) is 2.78. The number of hydrogen-bond donors (Lipinski definition) is 0. The van der Waals surface area contributed by atoms with Crippen molar-refractivity contribution in [2.75, 3.05) is 27.2 Å². The number of aromatic nitrogens is 1.